The van der Waals surface area contributed by atoms with Crippen LogP contribution in [-0.4, -0.2) is 41.4 Å². The molecule has 2 aromatic heterocycles. The Balaban J connectivity index is 1.24. The number of hydrogen-bond donors (Lipinski definition) is 1. The molecule has 2 amide bonds. The molecule has 1 fully saturated rings. The predicted molar refractivity (Wildman–Crippen MR) is 127 cm³/mol. The van der Waals surface area contributed by atoms with Crippen molar-refractivity contribution >= 4 is 23.3 Å². The summed E-state index contributed by atoms with van der Waals surface area (Å²) in [7, 11) is 0. The van der Waals surface area contributed by atoms with Gasteiger partial charge in [-0.3, -0.25) is 14.6 Å². The van der Waals surface area contributed by atoms with Gasteiger partial charge in [-0.1, -0.05) is 24.3 Å². The number of anilines is 2. The van der Waals surface area contributed by atoms with Crippen LogP contribution in [0.1, 0.15) is 34.3 Å². The maximum atomic E-state index is 13.5. The number of piperidine rings is 1. The number of carbonyl (C=O) groups excluding carboxylic acids is 2. The van der Waals surface area contributed by atoms with E-state index in [9.17, 15) is 9.59 Å². The third-order valence-electron chi connectivity index (χ3n) is 6.50. The Bertz CT molecular complexity index is 1140. The molecule has 0 atom stereocenters. The molecule has 0 aliphatic carbocycles. The maximum absolute atomic E-state index is 13.5. The third-order valence-corrected chi connectivity index (χ3v) is 6.50. The molecule has 5 rings (SSSR count). The highest BCUT2D eigenvalue weighted by molar-refractivity contribution is 6.10. The molecule has 33 heavy (non-hydrogen) atoms. The lowest BCUT2D eigenvalue weighted by molar-refractivity contribution is -0.125. The number of aromatic nitrogens is 2. The number of carbonyl (C=O) groups is 2. The smallest absolute Gasteiger partial charge is 0.262 e. The molecule has 2 aliphatic heterocycles. The van der Waals surface area contributed by atoms with Crippen LogP contribution < -0.4 is 15.1 Å². The van der Waals surface area contributed by atoms with E-state index >= 15 is 0 Å². The van der Waals surface area contributed by atoms with E-state index in [1.807, 2.05) is 47.4 Å². The van der Waals surface area contributed by atoms with Gasteiger partial charge in [-0.15, -0.1) is 0 Å². The Morgan fingerprint density at radius 1 is 0.970 bits per heavy atom. The number of pyridine rings is 2. The number of amides is 2. The highest BCUT2D eigenvalue weighted by Gasteiger charge is 2.31. The zero-order valence-electron chi connectivity index (χ0n) is 18.5. The Morgan fingerprint density at radius 3 is 2.61 bits per heavy atom. The van der Waals surface area contributed by atoms with Crippen LogP contribution in [0.15, 0.2) is 67.1 Å². The van der Waals surface area contributed by atoms with Crippen LogP contribution in [0, 0.1) is 5.92 Å². The molecule has 0 bridgehead atoms. The fourth-order valence-corrected chi connectivity index (χ4v) is 4.70. The first-order valence-electron chi connectivity index (χ1n) is 11.5. The van der Waals surface area contributed by atoms with E-state index in [2.05, 4.69) is 26.3 Å². The van der Waals surface area contributed by atoms with E-state index in [0.29, 0.717) is 37.6 Å². The highest BCUT2D eigenvalue weighted by atomic mass is 16.2. The Kier molecular flexibility index (Phi) is 6.02. The van der Waals surface area contributed by atoms with Gasteiger partial charge in [0.1, 0.15) is 5.82 Å². The lowest BCUT2D eigenvalue weighted by Gasteiger charge is -2.33. The van der Waals surface area contributed by atoms with E-state index in [1.54, 1.807) is 18.6 Å². The summed E-state index contributed by atoms with van der Waals surface area (Å²) in [5, 5.41) is 3.03. The fourth-order valence-electron chi connectivity index (χ4n) is 4.70. The van der Waals surface area contributed by atoms with E-state index < -0.39 is 0 Å². The number of benzene rings is 1. The van der Waals surface area contributed by atoms with Gasteiger partial charge in [-0.05, 0) is 54.7 Å². The van der Waals surface area contributed by atoms with Crippen LogP contribution in [0.25, 0.3) is 0 Å². The second kappa shape index (κ2) is 9.40. The van der Waals surface area contributed by atoms with Crippen LogP contribution in [-0.2, 0) is 17.8 Å². The number of rotatable bonds is 5. The van der Waals surface area contributed by atoms with E-state index in [-0.39, 0.29) is 17.7 Å². The van der Waals surface area contributed by atoms with E-state index in [4.69, 9.17) is 0 Å². The van der Waals surface area contributed by atoms with Gasteiger partial charge >= 0.3 is 0 Å². The molecule has 0 saturated carbocycles. The summed E-state index contributed by atoms with van der Waals surface area (Å²) in [6.07, 6.45) is 7.56. The topological polar surface area (TPSA) is 78.4 Å². The minimum Gasteiger partial charge on any atom is -0.356 e. The Morgan fingerprint density at radius 2 is 1.79 bits per heavy atom. The minimum absolute atomic E-state index is 0.0145. The zero-order valence-corrected chi connectivity index (χ0v) is 18.5. The van der Waals surface area contributed by atoms with Gasteiger partial charge < -0.3 is 15.1 Å². The summed E-state index contributed by atoms with van der Waals surface area (Å²) >= 11 is 0. The van der Waals surface area contributed by atoms with Crippen molar-refractivity contribution in [1.82, 2.24) is 15.3 Å². The van der Waals surface area contributed by atoms with Crippen LogP contribution in [0.4, 0.5) is 11.5 Å². The molecule has 168 valence electrons. The normalized spacial score (nSPS) is 15.9. The largest absolute Gasteiger partial charge is 0.356 e. The molecule has 2 aliphatic rings. The zero-order chi connectivity index (χ0) is 22.6. The van der Waals surface area contributed by atoms with Crippen LogP contribution >= 0.6 is 0 Å². The fraction of sp³-hybridized carbons (Fsp3) is 0.308. The second-order valence-electron chi connectivity index (χ2n) is 8.55. The van der Waals surface area contributed by atoms with Gasteiger partial charge in [-0.2, -0.15) is 0 Å². The number of fused-ring (bicyclic) bond motifs is 1. The average Bonchev–Trinajstić information content (AvgIpc) is 3.32. The first kappa shape index (κ1) is 21.1. The van der Waals surface area contributed by atoms with Crippen LogP contribution in [0.2, 0.25) is 0 Å². The molecule has 3 aromatic rings. The Hall–Kier alpha value is -3.74. The average molecular weight is 442 g/mol. The molecule has 4 heterocycles. The lowest BCUT2D eigenvalue weighted by Crippen LogP contribution is -2.41. The van der Waals surface area contributed by atoms with E-state index in [1.165, 1.54) is 5.56 Å². The quantitative estimate of drug-likeness (QED) is 0.658. The second-order valence-corrected chi connectivity index (χ2v) is 8.55. The Labute approximate surface area is 193 Å². The van der Waals surface area contributed by atoms with Gasteiger partial charge in [-0.25, -0.2) is 4.98 Å². The first-order valence-corrected chi connectivity index (χ1v) is 11.5. The van der Waals surface area contributed by atoms with Gasteiger partial charge in [0.2, 0.25) is 5.91 Å². The summed E-state index contributed by atoms with van der Waals surface area (Å²) in [6.45, 7) is 2.56. The number of nitrogens with one attached hydrogen (secondary N) is 1. The third kappa shape index (κ3) is 4.44. The van der Waals surface area contributed by atoms with Crippen molar-refractivity contribution in [3.63, 3.8) is 0 Å². The van der Waals surface area contributed by atoms with Gasteiger partial charge in [0, 0.05) is 56.4 Å². The summed E-state index contributed by atoms with van der Waals surface area (Å²) in [4.78, 5) is 38.8. The summed E-state index contributed by atoms with van der Waals surface area (Å²) in [5.41, 5.74) is 3.80. The van der Waals surface area contributed by atoms with Crippen molar-refractivity contribution in [2.75, 3.05) is 29.4 Å². The molecule has 1 N–H and O–H groups in total. The lowest BCUT2D eigenvalue weighted by atomic mass is 9.95. The SMILES string of the molecule is O=C(NCc1cccnc1)C1CCN(c2ncccc2C(=O)N2CCc3ccccc32)CC1. The molecule has 0 radical (unpaired) electrons. The number of hydrogen-bond acceptors (Lipinski definition) is 5. The number of nitrogens with zero attached hydrogens (tertiary/aromatic N) is 4. The predicted octanol–water partition coefficient (Wildman–Crippen LogP) is 3.21. The molecule has 1 saturated heterocycles. The van der Waals surface area contributed by atoms with Crippen LogP contribution in [0.3, 0.4) is 0 Å². The standard InChI is InChI=1S/C26H27N5O2/c32-25(29-18-19-5-3-12-27-17-19)21-9-14-30(15-10-21)24-22(7-4-13-28-24)26(33)31-16-11-20-6-1-2-8-23(20)31/h1-8,12-13,17,21H,9-11,14-16,18H2,(H,29,32). The molecule has 7 nitrogen and oxygen atoms in total. The summed E-state index contributed by atoms with van der Waals surface area (Å²) < 4.78 is 0. The van der Waals surface area contributed by atoms with Crippen molar-refractivity contribution < 1.29 is 9.59 Å². The van der Waals surface area contributed by atoms with Crippen molar-refractivity contribution in [3.05, 3.63) is 83.8 Å². The van der Waals surface area contributed by atoms with Crippen molar-refractivity contribution in [2.45, 2.75) is 25.8 Å². The molecule has 7 heteroatoms. The number of para-hydroxylation sites is 1. The van der Waals surface area contributed by atoms with Crippen molar-refractivity contribution in [3.8, 4) is 0 Å². The van der Waals surface area contributed by atoms with Crippen molar-refractivity contribution in [1.29, 1.82) is 0 Å². The molecule has 0 spiro atoms. The molecular formula is C26H27N5O2. The van der Waals surface area contributed by atoms with Crippen molar-refractivity contribution in [2.24, 2.45) is 5.92 Å². The molecule has 0 unspecified atom stereocenters. The monoisotopic (exact) mass is 441 g/mol. The van der Waals surface area contributed by atoms with E-state index in [0.717, 1.165) is 30.5 Å². The molecule has 1 aromatic carbocycles. The van der Waals surface area contributed by atoms with Gasteiger partial charge in [0.15, 0.2) is 0 Å². The van der Waals surface area contributed by atoms with Gasteiger partial charge in [0.25, 0.3) is 5.91 Å². The maximum Gasteiger partial charge on any atom is 0.262 e. The summed E-state index contributed by atoms with van der Waals surface area (Å²) in [5.74, 6) is 0.733. The molecular weight excluding hydrogens is 414 g/mol. The first-order chi connectivity index (χ1) is 16.2. The minimum atomic E-state index is -0.0359. The summed E-state index contributed by atoms with van der Waals surface area (Å²) in [6, 6.07) is 15.6. The van der Waals surface area contributed by atoms with Crippen LogP contribution in [0.5, 0.6) is 0 Å². The van der Waals surface area contributed by atoms with Gasteiger partial charge in [0.05, 0.1) is 5.56 Å². The highest BCUT2D eigenvalue weighted by Crippen LogP contribution is 2.31.